The molecule has 4 rings (SSSR count). The van der Waals surface area contributed by atoms with Gasteiger partial charge in [-0.1, -0.05) is 36.9 Å². The highest BCUT2D eigenvalue weighted by Gasteiger charge is 2.36. The van der Waals surface area contributed by atoms with Crippen LogP contribution < -0.4 is 10.1 Å². The van der Waals surface area contributed by atoms with Crippen molar-refractivity contribution in [3.05, 3.63) is 52.4 Å². The predicted octanol–water partition coefficient (Wildman–Crippen LogP) is 3.98. The molecule has 6 nitrogen and oxygen atoms in total. The van der Waals surface area contributed by atoms with Crippen LogP contribution in [0.5, 0.6) is 5.75 Å². The smallest absolute Gasteiger partial charge is 0.276 e. The van der Waals surface area contributed by atoms with Crippen molar-refractivity contribution >= 4 is 40.9 Å². The average molecular weight is 431 g/mol. The van der Waals surface area contributed by atoms with Gasteiger partial charge in [-0.25, -0.2) is 0 Å². The summed E-state index contributed by atoms with van der Waals surface area (Å²) in [5.41, 5.74) is 2.35. The summed E-state index contributed by atoms with van der Waals surface area (Å²) in [5.74, 6) is 0.710. The summed E-state index contributed by atoms with van der Waals surface area (Å²) in [6, 6.07) is 6.01. The van der Waals surface area contributed by atoms with Gasteiger partial charge in [0.05, 0.1) is 24.9 Å². The lowest BCUT2D eigenvalue weighted by molar-refractivity contribution is -0.124. The van der Waals surface area contributed by atoms with Crippen LogP contribution in [0.1, 0.15) is 43.2 Å². The third-order valence-electron chi connectivity index (χ3n) is 5.40. The van der Waals surface area contributed by atoms with Gasteiger partial charge in [0.1, 0.15) is 11.4 Å². The number of carbonyl (C=O) groups is 1. The summed E-state index contributed by atoms with van der Waals surface area (Å²) in [7, 11) is 1.63. The number of carbonyl (C=O) groups excluding carboxylic acids is 1. The summed E-state index contributed by atoms with van der Waals surface area (Å²) >= 11 is 11.4. The standard InChI is InChI=1S/C21H23ClN4O2S/c1-28-19-8-7-14(9-15(19)12-25-13-16(22)11-23-25)10-18-20(27)26(21(29)24-18)17-5-3-2-4-6-17/h7-11,13,17H,2-6,12H2,1H3,(H,24,29)/b18-10+. The van der Waals surface area contributed by atoms with Crippen molar-refractivity contribution < 1.29 is 9.53 Å². The first-order valence-electron chi connectivity index (χ1n) is 9.76. The van der Waals surface area contributed by atoms with Crippen LogP contribution in [0.2, 0.25) is 5.02 Å². The van der Waals surface area contributed by atoms with E-state index in [1.165, 1.54) is 6.42 Å². The number of nitrogens with one attached hydrogen (secondary N) is 1. The minimum absolute atomic E-state index is 0.0434. The van der Waals surface area contributed by atoms with Crippen molar-refractivity contribution in [3.8, 4) is 5.75 Å². The largest absolute Gasteiger partial charge is 0.496 e. The Labute approximate surface area is 180 Å². The van der Waals surface area contributed by atoms with Gasteiger partial charge in [-0.3, -0.25) is 14.4 Å². The fourth-order valence-corrected chi connectivity index (χ4v) is 4.50. The molecule has 1 N–H and O–H groups in total. The molecule has 8 heteroatoms. The Morgan fingerprint density at radius 1 is 1.34 bits per heavy atom. The summed E-state index contributed by atoms with van der Waals surface area (Å²) in [6.07, 6.45) is 10.8. The second-order valence-electron chi connectivity index (χ2n) is 7.38. The predicted molar refractivity (Wildman–Crippen MR) is 117 cm³/mol. The quantitative estimate of drug-likeness (QED) is 0.574. The van der Waals surface area contributed by atoms with E-state index in [-0.39, 0.29) is 11.9 Å². The van der Waals surface area contributed by atoms with Crippen molar-refractivity contribution in [2.24, 2.45) is 0 Å². The molecule has 1 saturated carbocycles. The molecule has 0 spiro atoms. The van der Waals surface area contributed by atoms with E-state index >= 15 is 0 Å². The number of benzene rings is 1. The van der Waals surface area contributed by atoms with Gasteiger partial charge in [-0.15, -0.1) is 0 Å². The van der Waals surface area contributed by atoms with Crippen LogP contribution in [-0.4, -0.2) is 38.9 Å². The summed E-state index contributed by atoms with van der Waals surface area (Å²) in [5, 5.41) is 8.42. The lowest BCUT2D eigenvalue weighted by Crippen LogP contribution is -2.41. The molecule has 1 aliphatic heterocycles. The van der Waals surface area contributed by atoms with Crippen molar-refractivity contribution in [3.63, 3.8) is 0 Å². The van der Waals surface area contributed by atoms with E-state index in [4.69, 9.17) is 28.6 Å². The van der Waals surface area contributed by atoms with Gasteiger partial charge in [0.2, 0.25) is 0 Å². The number of methoxy groups -OCH3 is 1. The molecule has 2 fully saturated rings. The maximum atomic E-state index is 13.0. The molecule has 0 atom stereocenters. The lowest BCUT2D eigenvalue weighted by atomic mass is 9.94. The zero-order valence-electron chi connectivity index (χ0n) is 16.2. The van der Waals surface area contributed by atoms with Crippen molar-refractivity contribution in [2.75, 3.05) is 7.11 Å². The minimum Gasteiger partial charge on any atom is -0.496 e. The number of thiocarbonyl (C=S) groups is 1. The maximum absolute atomic E-state index is 13.0. The van der Waals surface area contributed by atoms with E-state index < -0.39 is 0 Å². The minimum atomic E-state index is -0.0434. The highest BCUT2D eigenvalue weighted by molar-refractivity contribution is 7.80. The van der Waals surface area contributed by atoms with E-state index in [0.29, 0.717) is 22.4 Å². The number of nitrogens with zero attached hydrogens (tertiary/aromatic N) is 3. The Kier molecular flexibility index (Phi) is 5.87. The van der Waals surface area contributed by atoms with E-state index in [2.05, 4.69) is 10.4 Å². The second-order valence-corrected chi connectivity index (χ2v) is 8.21. The van der Waals surface area contributed by atoms with Crippen LogP contribution >= 0.6 is 23.8 Å². The van der Waals surface area contributed by atoms with Crippen molar-refractivity contribution in [1.29, 1.82) is 0 Å². The first-order chi connectivity index (χ1) is 14.0. The number of aromatic nitrogens is 2. The Morgan fingerprint density at radius 3 is 2.83 bits per heavy atom. The van der Waals surface area contributed by atoms with Gasteiger partial charge in [0, 0.05) is 17.8 Å². The Bertz CT molecular complexity index is 965. The molecule has 152 valence electrons. The lowest BCUT2D eigenvalue weighted by Gasteiger charge is -2.29. The molecule has 2 aromatic rings. The number of ether oxygens (including phenoxy) is 1. The molecule has 1 aliphatic carbocycles. The second kappa shape index (κ2) is 8.55. The van der Waals surface area contributed by atoms with Crippen LogP contribution in [0.15, 0.2) is 36.3 Å². The molecule has 1 saturated heterocycles. The molecule has 0 radical (unpaired) electrons. The van der Waals surface area contributed by atoms with Crippen LogP contribution in [0.3, 0.4) is 0 Å². The van der Waals surface area contributed by atoms with E-state index in [0.717, 1.165) is 42.6 Å². The zero-order chi connectivity index (χ0) is 20.4. The first kappa shape index (κ1) is 19.9. The van der Waals surface area contributed by atoms with Gasteiger partial charge >= 0.3 is 0 Å². The highest BCUT2D eigenvalue weighted by Crippen LogP contribution is 2.28. The van der Waals surface area contributed by atoms with Gasteiger partial charge in [0.25, 0.3) is 5.91 Å². The summed E-state index contributed by atoms with van der Waals surface area (Å²) in [4.78, 5) is 14.7. The Morgan fingerprint density at radius 2 is 2.14 bits per heavy atom. The molecule has 2 aliphatic rings. The fourth-order valence-electron chi connectivity index (χ4n) is 4.00. The third-order valence-corrected chi connectivity index (χ3v) is 5.89. The molecular formula is C21H23ClN4O2S. The number of hydrogen-bond donors (Lipinski definition) is 1. The fraction of sp³-hybridized carbons (Fsp3) is 0.381. The van der Waals surface area contributed by atoms with E-state index in [1.54, 1.807) is 29.1 Å². The van der Waals surface area contributed by atoms with Crippen LogP contribution in [0.4, 0.5) is 0 Å². The zero-order valence-corrected chi connectivity index (χ0v) is 17.8. The molecule has 1 aromatic heterocycles. The number of hydrogen-bond acceptors (Lipinski definition) is 4. The Hall–Kier alpha value is -2.38. The van der Waals surface area contributed by atoms with Gasteiger partial charge < -0.3 is 10.1 Å². The number of halogens is 1. The molecule has 1 amide bonds. The molecule has 1 aromatic carbocycles. The molecular weight excluding hydrogens is 408 g/mol. The Balaban J connectivity index is 1.58. The van der Waals surface area contributed by atoms with Gasteiger partial charge in [0.15, 0.2) is 5.11 Å². The van der Waals surface area contributed by atoms with Gasteiger partial charge in [-0.05, 0) is 48.8 Å². The monoisotopic (exact) mass is 430 g/mol. The van der Waals surface area contributed by atoms with Gasteiger partial charge in [-0.2, -0.15) is 5.10 Å². The first-order valence-corrected chi connectivity index (χ1v) is 10.5. The molecule has 2 heterocycles. The number of rotatable bonds is 5. The van der Waals surface area contributed by atoms with Crippen molar-refractivity contribution in [2.45, 2.75) is 44.7 Å². The van der Waals surface area contributed by atoms with Crippen molar-refractivity contribution in [1.82, 2.24) is 20.0 Å². The molecule has 29 heavy (non-hydrogen) atoms. The summed E-state index contributed by atoms with van der Waals surface area (Å²) < 4.78 is 7.22. The van der Waals surface area contributed by atoms with E-state index in [1.807, 2.05) is 24.3 Å². The average Bonchev–Trinajstić information content (AvgIpc) is 3.25. The molecule has 0 bridgehead atoms. The van der Waals surface area contributed by atoms with Crippen LogP contribution in [0.25, 0.3) is 6.08 Å². The SMILES string of the molecule is COc1ccc(/C=C2/NC(=S)N(C3CCCCC3)C2=O)cc1Cn1cc(Cl)cn1. The van der Waals surface area contributed by atoms with Crippen LogP contribution in [0, 0.1) is 0 Å². The van der Waals surface area contributed by atoms with E-state index in [9.17, 15) is 4.79 Å². The maximum Gasteiger partial charge on any atom is 0.276 e. The normalized spacial score (nSPS) is 19.1. The molecule has 0 unspecified atom stereocenters. The number of amides is 1. The van der Waals surface area contributed by atoms with Crippen LogP contribution in [-0.2, 0) is 11.3 Å². The highest BCUT2D eigenvalue weighted by atomic mass is 35.5. The third kappa shape index (κ3) is 4.31. The topological polar surface area (TPSA) is 59.4 Å². The summed E-state index contributed by atoms with van der Waals surface area (Å²) in [6.45, 7) is 0.515.